The van der Waals surface area contributed by atoms with Crippen LogP contribution < -0.4 is 10.6 Å². The molecule has 2 aromatic rings. The molecule has 2 aromatic heterocycles. The first-order chi connectivity index (χ1) is 11.7. The van der Waals surface area contributed by atoms with E-state index in [1.165, 1.54) is 5.56 Å². The molecule has 130 valence electrons. The Labute approximate surface area is 146 Å². The highest BCUT2D eigenvalue weighted by Crippen LogP contribution is 2.15. The third kappa shape index (κ3) is 4.55. The van der Waals surface area contributed by atoms with Crippen LogP contribution in [-0.2, 0) is 20.1 Å². The number of nitrogens with one attached hydrogen (secondary N) is 2. The zero-order valence-corrected chi connectivity index (χ0v) is 15.1. The summed E-state index contributed by atoms with van der Waals surface area (Å²) in [6.07, 6.45) is 3.83. The molecule has 2 N–H and O–H groups in total. The van der Waals surface area contributed by atoms with Gasteiger partial charge >= 0.3 is 0 Å². The number of aliphatic imine (C=N–C) groups is 1. The molecule has 0 radical (unpaired) electrons. The summed E-state index contributed by atoms with van der Waals surface area (Å²) in [5.74, 6) is 1.72. The Bertz CT molecular complexity index is 641. The summed E-state index contributed by atoms with van der Waals surface area (Å²) in [5.41, 5.74) is 1.42. The average Bonchev–Trinajstić information content (AvgIpc) is 3.25. The first-order valence-corrected chi connectivity index (χ1v) is 9.22. The van der Waals surface area contributed by atoms with Crippen molar-refractivity contribution in [3.8, 4) is 0 Å². The first-order valence-electron chi connectivity index (χ1n) is 8.28. The maximum absolute atomic E-state index is 4.32. The van der Waals surface area contributed by atoms with E-state index in [1.54, 1.807) is 29.4 Å². The van der Waals surface area contributed by atoms with Gasteiger partial charge < -0.3 is 10.6 Å². The molecular weight excluding hydrogens is 322 g/mol. The van der Waals surface area contributed by atoms with Gasteiger partial charge in [0.05, 0.1) is 6.54 Å². The van der Waals surface area contributed by atoms with Gasteiger partial charge in [0.25, 0.3) is 0 Å². The Morgan fingerprint density at radius 2 is 2.25 bits per heavy atom. The molecule has 0 atom stereocenters. The number of guanidine groups is 1. The van der Waals surface area contributed by atoms with Crippen molar-refractivity contribution in [1.29, 1.82) is 0 Å². The van der Waals surface area contributed by atoms with Crippen LogP contribution in [0.5, 0.6) is 0 Å². The molecule has 1 aliphatic heterocycles. The molecule has 3 heterocycles. The molecule has 0 spiro atoms. The SMILES string of the molecule is CN=C(NCc1ncnn1C)NC1CCN(Cc2ccsc2)CC1. The van der Waals surface area contributed by atoms with E-state index >= 15 is 0 Å². The van der Waals surface area contributed by atoms with Gasteiger partial charge in [-0.05, 0) is 35.2 Å². The molecule has 0 amide bonds. The van der Waals surface area contributed by atoms with E-state index in [0.29, 0.717) is 12.6 Å². The van der Waals surface area contributed by atoms with Crippen LogP contribution in [0.15, 0.2) is 28.1 Å². The summed E-state index contributed by atoms with van der Waals surface area (Å²) in [5, 5.41) is 15.3. The number of nitrogens with zero attached hydrogens (tertiary/aromatic N) is 5. The Morgan fingerprint density at radius 3 is 2.88 bits per heavy atom. The minimum atomic E-state index is 0.467. The number of likely N-dealkylation sites (tertiary alicyclic amines) is 1. The van der Waals surface area contributed by atoms with Crippen LogP contribution in [0.4, 0.5) is 0 Å². The molecule has 3 rings (SSSR count). The zero-order valence-electron chi connectivity index (χ0n) is 14.3. The van der Waals surface area contributed by atoms with Crippen LogP contribution in [0, 0.1) is 0 Å². The highest BCUT2D eigenvalue weighted by Gasteiger charge is 2.20. The second-order valence-electron chi connectivity index (χ2n) is 6.05. The zero-order chi connectivity index (χ0) is 16.8. The number of hydrogen-bond acceptors (Lipinski definition) is 5. The van der Waals surface area contributed by atoms with E-state index in [1.807, 2.05) is 7.05 Å². The molecule has 0 saturated carbocycles. The van der Waals surface area contributed by atoms with E-state index in [4.69, 9.17) is 0 Å². The quantitative estimate of drug-likeness (QED) is 0.628. The highest BCUT2D eigenvalue weighted by atomic mass is 32.1. The maximum Gasteiger partial charge on any atom is 0.191 e. The average molecular weight is 347 g/mol. The fourth-order valence-corrected chi connectivity index (χ4v) is 3.57. The summed E-state index contributed by atoms with van der Waals surface area (Å²) in [4.78, 5) is 11.1. The molecule has 0 bridgehead atoms. The molecule has 7 nitrogen and oxygen atoms in total. The van der Waals surface area contributed by atoms with E-state index < -0.39 is 0 Å². The number of aryl methyl sites for hydroxylation is 1. The van der Waals surface area contributed by atoms with Crippen LogP contribution in [0.1, 0.15) is 24.2 Å². The van der Waals surface area contributed by atoms with Crippen LogP contribution >= 0.6 is 11.3 Å². The van der Waals surface area contributed by atoms with Gasteiger partial charge in [0, 0.05) is 39.8 Å². The lowest BCUT2D eigenvalue weighted by Crippen LogP contribution is -2.48. The van der Waals surface area contributed by atoms with Crippen molar-refractivity contribution in [3.05, 3.63) is 34.5 Å². The van der Waals surface area contributed by atoms with Crippen LogP contribution in [0.25, 0.3) is 0 Å². The lowest BCUT2D eigenvalue weighted by atomic mass is 10.0. The predicted molar refractivity (Wildman–Crippen MR) is 97.0 cm³/mol. The van der Waals surface area contributed by atoms with E-state index in [0.717, 1.165) is 44.3 Å². The second-order valence-corrected chi connectivity index (χ2v) is 6.83. The van der Waals surface area contributed by atoms with Crippen molar-refractivity contribution in [3.63, 3.8) is 0 Å². The van der Waals surface area contributed by atoms with Crippen molar-refractivity contribution in [2.75, 3.05) is 20.1 Å². The van der Waals surface area contributed by atoms with Crippen molar-refractivity contribution >= 4 is 17.3 Å². The molecule has 0 aromatic carbocycles. The van der Waals surface area contributed by atoms with Crippen molar-refractivity contribution < 1.29 is 0 Å². The van der Waals surface area contributed by atoms with E-state index in [-0.39, 0.29) is 0 Å². The third-order valence-electron chi connectivity index (χ3n) is 4.36. The summed E-state index contributed by atoms with van der Waals surface area (Å²) in [6.45, 7) is 3.92. The smallest absolute Gasteiger partial charge is 0.191 e. The number of thiophene rings is 1. The van der Waals surface area contributed by atoms with Gasteiger partial charge in [-0.3, -0.25) is 14.6 Å². The lowest BCUT2D eigenvalue weighted by molar-refractivity contribution is 0.198. The number of aromatic nitrogens is 3. The largest absolute Gasteiger partial charge is 0.354 e. The molecule has 24 heavy (non-hydrogen) atoms. The third-order valence-corrected chi connectivity index (χ3v) is 5.09. The van der Waals surface area contributed by atoms with E-state index in [9.17, 15) is 0 Å². The molecular formula is C16H25N7S. The number of hydrogen-bond donors (Lipinski definition) is 2. The van der Waals surface area contributed by atoms with Gasteiger partial charge in [0.2, 0.25) is 0 Å². The van der Waals surface area contributed by atoms with Crippen molar-refractivity contribution in [2.45, 2.75) is 32.0 Å². The van der Waals surface area contributed by atoms with Gasteiger partial charge in [-0.2, -0.15) is 16.4 Å². The molecule has 0 unspecified atom stereocenters. The Morgan fingerprint density at radius 1 is 1.42 bits per heavy atom. The summed E-state index contributed by atoms with van der Waals surface area (Å²) < 4.78 is 1.77. The Hall–Kier alpha value is -1.93. The minimum absolute atomic E-state index is 0.467. The summed E-state index contributed by atoms with van der Waals surface area (Å²) >= 11 is 1.77. The molecule has 1 saturated heterocycles. The Kier molecular flexibility index (Phi) is 5.81. The van der Waals surface area contributed by atoms with E-state index in [2.05, 4.69) is 47.4 Å². The molecule has 0 aliphatic carbocycles. The topological polar surface area (TPSA) is 70.4 Å². The minimum Gasteiger partial charge on any atom is -0.354 e. The molecule has 1 aliphatic rings. The number of piperidine rings is 1. The fourth-order valence-electron chi connectivity index (χ4n) is 2.91. The maximum atomic E-state index is 4.32. The number of rotatable bonds is 5. The second kappa shape index (κ2) is 8.25. The summed E-state index contributed by atoms with van der Waals surface area (Å²) in [7, 11) is 3.70. The van der Waals surface area contributed by atoms with Crippen LogP contribution in [0.3, 0.4) is 0 Å². The highest BCUT2D eigenvalue weighted by molar-refractivity contribution is 7.07. The Balaban J connectivity index is 1.41. The van der Waals surface area contributed by atoms with Crippen LogP contribution in [0.2, 0.25) is 0 Å². The van der Waals surface area contributed by atoms with Crippen molar-refractivity contribution in [1.82, 2.24) is 30.3 Å². The van der Waals surface area contributed by atoms with Gasteiger partial charge in [0.15, 0.2) is 5.96 Å². The molecule has 8 heteroatoms. The van der Waals surface area contributed by atoms with Crippen LogP contribution in [-0.4, -0.2) is 51.8 Å². The van der Waals surface area contributed by atoms with Gasteiger partial charge in [0.1, 0.15) is 12.2 Å². The van der Waals surface area contributed by atoms with Crippen molar-refractivity contribution in [2.24, 2.45) is 12.0 Å². The monoisotopic (exact) mass is 347 g/mol. The lowest BCUT2D eigenvalue weighted by Gasteiger charge is -2.32. The predicted octanol–water partition coefficient (Wildman–Crippen LogP) is 1.21. The van der Waals surface area contributed by atoms with Gasteiger partial charge in [-0.15, -0.1) is 0 Å². The normalized spacial score (nSPS) is 17.2. The molecule has 1 fully saturated rings. The standard InChI is InChI=1S/C16H25N7S/c1-17-16(18-9-15-19-12-20-22(15)2)21-14-3-6-23(7-4-14)10-13-5-8-24-11-13/h5,8,11-12,14H,3-4,6-7,9-10H2,1-2H3,(H2,17,18,21). The summed E-state index contributed by atoms with van der Waals surface area (Å²) in [6, 6.07) is 2.68. The fraction of sp³-hybridized carbons (Fsp3) is 0.562. The van der Waals surface area contributed by atoms with Gasteiger partial charge in [-0.1, -0.05) is 0 Å². The van der Waals surface area contributed by atoms with Gasteiger partial charge in [-0.25, -0.2) is 4.98 Å². The first kappa shape index (κ1) is 16.9.